The van der Waals surface area contributed by atoms with E-state index in [0.29, 0.717) is 6.04 Å². The van der Waals surface area contributed by atoms with Gasteiger partial charge in [-0.1, -0.05) is 0 Å². The van der Waals surface area contributed by atoms with Crippen LogP contribution in [0.25, 0.3) is 0 Å². The van der Waals surface area contributed by atoms with Gasteiger partial charge in [-0.2, -0.15) is 0 Å². The number of nitrogens with zero attached hydrogens (tertiary/aromatic N) is 3. The van der Waals surface area contributed by atoms with Crippen molar-refractivity contribution in [1.29, 1.82) is 0 Å². The number of aromatic nitrogens is 3. The molecule has 0 saturated heterocycles. The standard InChI is InChI=1S/C12H16N4S/c1-8(12-9(2)16-10(3)17-12)14-6-11-4-5-13-7-15-11/h4-5,7-8,14H,6H2,1-3H3. The van der Waals surface area contributed by atoms with Gasteiger partial charge in [-0.15, -0.1) is 11.3 Å². The Bertz CT molecular complexity index is 481. The smallest absolute Gasteiger partial charge is 0.115 e. The Balaban J connectivity index is 1.98. The molecule has 1 atom stereocenters. The maximum absolute atomic E-state index is 4.44. The highest BCUT2D eigenvalue weighted by Crippen LogP contribution is 2.24. The van der Waals surface area contributed by atoms with E-state index in [9.17, 15) is 0 Å². The zero-order chi connectivity index (χ0) is 12.3. The minimum atomic E-state index is 0.302. The van der Waals surface area contributed by atoms with Gasteiger partial charge in [0.15, 0.2) is 0 Å². The molecule has 0 bridgehead atoms. The first-order valence-corrected chi connectivity index (χ1v) is 6.40. The summed E-state index contributed by atoms with van der Waals surface area (Å²) in [4.78, 5) is 13.8. The van der Waals surface area contributed by atoms with Crippen LogP contribution in [0.4, 0.5) is 0 Å². The summed E-state index contributed by atoms with van der Waals surface area (Å²) in [5.74, 6) is 0. The van der Waals surface area contributed by atoms with Crippen LogP contribution in [-0.4, -0.2) is 15.0 Å². The normalized spacial score (nSPS) is 12.6. The largest absolute Gasteiger partial charge is 0.304 e. The first kappa shape index (κ1) is 12.1. The van der Waals surface area contributed by atoms with E-state index >= 15 is 0 Å². The molecule has 2 aromatic rings. The van der Waals surface area contributed by atoms with E-state index in [1.807, 2.05) is 13.0 Å². The molecule has 0 spiro atoms. The molecule has 0 aromatic carbocycles. The zero-order valence-corrected chi connectivity index (χ0v) is 11.1. The fourth-order valence-corrected chi connectivity index (χ4v) is 2.68. The molecule has 5 heteroatoms. The predicted octanol–water partition coefficient (Wildman–Crippen LogP) is 2.40. The molecule has 2 aromatic heterocycles. The molecule has 0 amide bonds. The van der Waals surface area contributed by atoms with E-state index in [-0.39, 0.29) is 0 Å². The summed E-state index contributed by atoms with van der Waals surface area (Å²) in [6.45, 7) is 7.00. The second kappa shape index (κ2) is 5.33. The average molecular weight is 248 g/mol. The molecule has 0 aliphatic heterocycles. The second-order valence-corrected chi connectivity index (χ2v) is 5.22. The topological polar surface area (TPSA) is 50.7 Å². The van der Waals surface area contributed by atoms with Gasteiger partial charge in [-0.05, 0) is 26.8 Å². The van der Waals surface area contributed by atoms with Crippen LogP contribution in [0.15, 0.2) is 18.6 Å². The summed E-state index contributed by atoms with van der Waals surface area (Å²) < 4.78 is 0. The van der Waals surface area contributed by atoms with Crippen LogP contribution in [-0.2, 0) is 6.54 Å². The molecule has 0 saturated carbocycles. The lowest BCUT2D eigenvalue weighted by atomic mass is 10.2. The Morgan fingerprint density at radius 2 is 2.24 bits per heavy atom. The van der Waals surface area contributed by atoms with Gasteiger partial charge in [0, 0.05) is 23.7 Å². The van der Waals surface area contributed by atoms with Crippen molar-refractivity contribution >= 4 is 11.3 Å². The van der Waals surface area contributed by atoms with Gasteiger partial charge >= 0.3 is 0 Å². The molecule has 2 heterocycles. The van der Waals surface area contributed by atoms with Crippen LogP contribution in [0.1, 0.15) is 34.2 Å². The van der Waals surface area contributed by atoms with Crippen LogP contribution < -0.4 is 5.32 Å². The maximum atomic E-state index is 4.44. The molecule has 0 fully saturated rings. The fourth-order valence-electron chi connectivity index (χ4n) is 1.72. The van der Waals surface area contributed by atoms with E-state index < -0.39 is 0 Å². The molecule has 0 aliphatic carbocycles. The molecule has 4 nitrogen and oxygen atoms in total. The first-order chi connectivity index (χ1) is 8.16. The highest BCUT2D eigenvalue weighted by molar-refractivity contribution is 7.11. The molecule has 90 valence electrons. The molecular weight excluding hydrogens is 232 g/mol. The van der Waals surface area contributed by atoms with E-state index in [4.69, 9.17) is 0 Å². The third-order valence-electron chi connectivity index (χ3n) is 2.57. The highest BCUT2D eigenvalue weighted by Gasteiger charge is 2.12. The third kappa shape index (κ3) is 3.08. The first-order valence-electron chi connectivity index (χ1n) is 5.59. The summed E-state index contributed by atoms with van der Waals surface area (Å²) in [5.41, 5.74) is 2.13. The number of nitrogens with one attached hydrogen (secondary N) is 1. The monoisotopic (exact) mass is 248 g/mol. The quantitative estimate of drug-likeness (QED) is 0.902. The Labute approximate surface area is 105 Å². The van der Waals surface area contributed by atoms with Crippen molar-refractivity contribution in [2.75, 3.05) is 0 Å². The van der Waals surface area contributed by atoms with Crippen LogP contribution in [0.3, 0.4) is 0 Å². The van der Waals surface area contributed by atoms with E-state index in [0.717, 1.165) is 22.9 Å². The minimum Gasteiger partial charge on any atom is -0.304 e. The Morgan fingerprint density at radius 1 is 1.41 bits per heavy atom. The van der Waals surface area contributed by atoms with Crippen molar-refractivity contribution in [2.24, 2.45) is 0 Å². The van der Waals surface area contributed by atoms with Crippen molar-refractivity contribution in [1.82, 2.24) is 20.3 Å². The minimum absolute atomic E-state index is 0.302. The molecule has 1 N–H and O–H groups in total. The Kier molecular flexibility index (Phi) is 3.81. The summed E-state index contributed by atoms with van der Waals surface area (Å²) in [5, 5.41) is 4.57. The number of rotatable bonds is 4. The number of hydrogen-bond acceptors (Lipinski definition) is 5. The van der Waals surface area contributed by atoms with Crippen molar-refractivity contribution < 1.29 is 0 Å². The maximum Gasteiger partial charge on any atom is 0.115 e. The lowest BCUT2D eigenvalue weighted by molar-refractivity contribution is 0.571. The molecule has 0 radical (unpaired) electrons. The van der Waals surface area contributed by atoms with Crippen LogP contribution in [0.5, 0.6) is 0 Å². The van der Waals surface area contributed by atoms with Gasteiger partial charge in [-0.3, -0.25) is 0 Å². The van der Waals surface area contributed by atoms with E-state index in [2.05, 4.69) is 34.1 Å². The van der Waals surface area contributed by atoms with Crippen molar-refractivity contribution in [3.8, 4) is 0 Å². The zero-order valence-electron chi connectivity index (χ0n) is 10.3. The SMILES string of the molecule is Cc1nc(C)c(C(C)NCc2ccncn2)s1. The van der Waals surface area contributed by atoms with Gasteiger partial charge < -0.3 is 5.32 Å². The third-order valence-corrected chi connectivity index (χ3v) is 3.82. The average Bonchev–Trinajstić information content (AvgIpc) is 2.67. The van der Waals surface area contributed by atoms with Crippen molar-refractivity contribution in [2.45, 2.75) is 33.4 Å². The molecule has 17 heavy (non-hydrogen) atoms. The summed E-state index contributed by atoms with van der Waals surface area (Å²) in [6.07, 6.45) is 3.33. The summed E-state index contributed by atoms with van der Waals surface area (Å²) in [6, 6.07) is 2.22. The van der Waals surface area contributed by atoms with Crippen molar-refractivity contribution in [3.63, 3.8) is 0 Å². The van der Waals surface area contributed by atoms with E-state index in [1.54, 1.807) is 23.9 Å². The molecule has 1 unspecified atom stereocenters. The molecule has 0 aliphatic rings. The number of aryl methyl sites for hydroxylation is 2. The van der Waals surface area contributed by atoms with Gasteiger partial charge in [0.25, 0.3) is 0 Å². The van der Waals surface area contributed by atoms with Crippen LogP contribution in [0.2, 0.25) is 0 Å². The van der Waals surface area contributed by atoms with Crippen molar-refractivity contribution in [3.05, 3.63) is 39.9 Å². The van der Waals surface area contributed by atoms with Gasteiger partial charge in [0.2, 0.25) is 0 Å². The van der Waals surface area contributed by atoms with Gasteiger partial charge in [0.05, 0.1) is 16.4 Å². The van der Waals surface area contributed by atoms with Crippen LogP contribution >= 0.6 is 11.3 Å². The lowest BCUT2D eigenvalue weighted by Crippen LogP contribution is -2.18. The lowest BCUT2D eigenvalue weighted by Gasteiger charge is -2.12. The number of hydrogen-bond donors (Lipinski definition) is 1. The summed E-state index contributed by atoms with van der Waals surface area (Å²) >= 11 is 1.75. The van der Waals surface area contributed by atoms with Gasteiger partial charge in [-0.25, -0.2) is 15.0 Å². The van der Waals surface area contributed by atoms with Gasteiger partial charge in [0.1, 0.15) is 6.33 Å². The summed E-state index contributed by atoms with van der Waals surface area (Å²) in [7, 11) is 0. The number of thiazole rings is 1. The predicted molar refractivity (Wildman–Crippen MR) is 68.9 cm³/mol. The molecule has 2 rings (SSSR count). The van der Waals surface area contributed by atoms with Crippen LogP contribution in [0, 0.1) is 13.8 Å². The highest BCUT2D eigenvalue weighted by atomic mass is 32.1. The Morgan fingerprint density at radius 3 is 2.82 bits per heavy atom. The fraction of sp³-hybridized carbons (Fsp3) is 0.417. The second-order valence-electron chi connectivity index (χ2n) is 3.99. The Hall–Kier alpha value is -1.33. The molecular formula is C12H16N4S. The van der Waals surface area contributed by atoms with E-state index in [1.165, 1.54) is 4.88 Å².